The third kappa shape index (κ3) is 6.51. The lowest BCUT2D eigenvalue weighted by Gasteiger charge is -2.43. The minimum Gasteiger partial charge on any atom is -0.380 e. The number of rotatable bonds is 10. The van der Waals surface area contributed by atoms with Gasteiger partial charge >= 0.3 is 0 Å². The number of hydrogen-bond donors (Lipinski definition) is 3. The molecule has 2 aromatic carbocycles. The summed E-state index contributed by atoms with van der Waals surface area (Å²) < 4.78 is 5.15. The van der Waals surface area contributed by atoms with Crippen LogP contribution >= 0.6 is 0 Å². The maximum Gasteiger partial charge on any atom is 0.261 e. The third-order valence-electron chi connectivity index (χ3n) is 8.29. The van der Waals surface area contributed by atoms with Gasteiger partial charge in [0.1, 0.15) is 22.7 Å². The molecule has 1 aliphatic heterocycles. The average Bonchev–Trinajstić information content (AvgIpc) is 3.38. The van der Waals surface area contributed by atoms with Crippen LogP contribution < -0.4 is 15.5 Å². The zero-order valence-electron chi connectivity index (χ0n) is 25.7. The van der Waals surface area contributed by atoms with Crippen molar-refractivity contribution in [1.82, 2.24) is 20.4 Å². The second-order valence-corrected chi connectivity index (χ2v) is 11.6. The molecule has 3 heterocycles. The number of aromatic nitrogens is 2. The van der Waals surface area contributed by atoms with Gasteiger partial charge in [-0.05, 0) is 63.9 Å². The predicted molar refractivity (Wildman–Crippen MR) is 170 cm³/mol. The van der Waals surface area contributed by atoms with Crippen LogP contribution in [0.15, 0.2) is 77.4 Å². The first-order valence-electron chi connectivity index (χ1n) is 14.9. The summed E-state index contributed by atoms with van der Waals surface area (Å²) >= 11 is 0. The van der Waals surface area contributed by atoms with Crippen molar-refractivity contribution < 1.29 is 19.2 Å². The van der Waals surface area contributed by atoms with Crippen molar-refractivity contribution in [2.24, 2.45) is 5.92 Å². The quantitative estimate of drug-likeness (QED) is 0.247. The van der Waals surface area contributed by atoms with Gasteiger partial charge in [-0.1, -0.05) is 65.8 Å². The number of carbonyl (C=O) groups is 2. The molecule has 1 saturated heterocycles. The van der Waals surface area contributed by atoms with Crippen molar-refractivity contribution in [1.29, 1.82) is 0 Å². The molecule has 10 heteroatoms. The molecule has 2 aromatic heterocycles. The van der Waals surface area contributed by atoms with Crippen LogP contribution in [0.1, 0.15) is 56.1 Å². The zero-order chi connectivity index (χ0) is 31.3. The fourth-order valence-electron chi connectivity index (χ4n) is 5.97. The van der Waals surface area contributed by atoms with Gasteiger partial charge in [-0.3, -0.25) is 9.59 Å². The van der Waals surface area contributed by atoms with Crippen molar-refractivity contribution >= 4 is 23.3 Å². The number of piperidine rings is 1. The first-order valence-corrected chi connectivity index (χ1v) is 14.9. The summed E-state index contributed by atoms with van der Waals surface area (Å²) in [6.07, 6.45) is 2.95. The molecular formula is C34H40N6O4. The van der Waals surface area contributed by atoms with Crippen molar-refractivity contribution in [3.05, 3.63) is 107 Å². The summed E-state index contributed by atoms with van der Waals surface area (Å²) in [5.41, 5.74) is 2.19. The maximum atomic E-state index is 13.5. The number of pyridine rings is 1. The molecule has 230 valence electrons. The number of anilines is 2. The lowest BCUT2D eigenvalue weighted by Crippen LogP contribution is -2.45. The van der Waals surface area contributed by atoms with Gasteiger partial charge < -0.3 is 30.1 Å². The van der Waals surface area contributed by atoms with E-state index in [1.54, 1.807) is 26.1 Å². The van der Waals surface area contributed by atoms with Gasteiger partial charge in [-0.15, -0.1) is 0 Å². The number of likely N-dealkylation sites (N-methyl/N-ethyl adjacent to an activating group) is 1. The number of aryl methyl sites for hydroxylation is 2. The Balaban J connectivity index is 1.40. The lowest BCUT2D eigenvalue weighted by atomic mass is 9.72. The third-order valence-corrected chi connectivity index (χ3v) is 8.29. The molecular weight excluding hydrogens is 556 g/mol. The molecule has 3 N–H and O–H groups in total. The zero-order valence-corrected chi connectivity index (χ0v) is 25.7. The largest absolute Gasteiger partial charge is 0.380 e. The van der Waals surface area contributed by atoms with Gasteiger partial charge in [0.25, 0.3) is 11.8 Å². The monoisotopic (exact) mass is 596 g/mol. The van der Waals surface area contributed by atoms with Crippen LogP contribution in [0.3, 0.4) is 0 Å². The van der Waals surface area contributed by atoms with E-state index in [1.165, 1.54) is 0 Å². The van der Waals surface area contributed by atoms with Crippen LogP contribution in [0.4, 0.5) is 11.5 Å². The van der Waals surface area contributed by atoms with Crippen LogP contribution in [0.2, 0.25) is 0 Å². The topological polar surface area (TPSA) is 124 Å². The highest BCUT2D eigenvalue weighted by Gasteiger charge is 2.42. The Labute approximate surface area is 258 Å². The number of carbonyl (C=O) groups excluding carboxylic acids is 2. The predicted octanol–water partition coefficient (Wildman–Crippen LogP) is 4.38. The number of nitrogens with one attached hydrogen (secondary N) is 2. The molecule has 5 rings (SSSR count). The highest BCUT2D eigenvalue weighted by molar-refractivity contribution is 6.07. The summed E-state index contributed by atoms with van der Waals surface area (Å²) in [5, 5.41) is 22.0. The van der Waals surface area contributed by atoms with Gasteiger partial charge in [0, 0.05) is 26.2 Å². The Hall–Kier alpha value is -4.54. The van der Waals surface area contributed by atoms with E-state index in [0.29, 0.717) is 73.1 Å². The Morgan fingerprint density at radius 3 is 2.16 bits per heavy atom. The molecule has 1 aliphatic rings. The van der Waals surface area contributed by atoms with Crippen LogP contribution in [-0.2, 0) is 5.60 Å². The first kappa shape index (κ1) is 30.9. The number of aliphatic hydroxyl groups is 1. The minimum absolute atomic E-state index is 0.0467. The van der Waals surface area contributed by atoms with Crippen molar-refractivity contribution in [3.8, 4) is 0 Å². The maximum absolute atomic E-state index is 13.5. The molecule has 44 heavy (non-hydrogen) atoms. The molecule has 0 radical (unpaired) electrons. The lowest BCUT2D eigenvalue weighted by molar-refractivity contribution is 0.00498. The van der Waals surface area contributed by atoms with Gasteiger partial charge in [0.2, 0.25) is 0 Å². The second kappa shape index (κ2) is 13.4. The highest BCUT2D eigenvalue weighted by atomic mass is 16.5. The van der Waals surface area contributed by atoms with E-state index in [1.807, 2.05) is 79.7 Å². The molecule has 0 atom stereocenters. The van der Waals surface area contributed by atoms with E-state index in [4.69, 9.17) is 4.52 Å². The average molecular weight is 597 g/mol. The normalized spacial score (nSPS) is 14.1. The van der Waals surface area contributed by atoms with E-state index in [2.05, 4.69) is 25.7 Å². The Morgan fingerprint density at radius 2 is 1.61 bits per heavy atom. The molecule has 10 nitrogen and oxygen atoms in total. The standard InChI is InChI=1S/C34H40N6O4/c1-23-30(24(2)44-38-23)33(42)37-28-21-29(32(41)35-17-20-39(3)4)31(36-22-28)40-18-15-27(16-19-40)34(43,25-11-7-5-8-12-25)26-13-9-6-10-14-26/h5-14,21-22,27,43H,15-20H2,1-4H3,(H,35,41)(H,37,42). The summed E-state index contributed by atoms with van der Waals surface area (Å²) in [7, 11) is 3.89. The molecule has 1 fully saturated rings. The van der Waals surface area contributed by atoms with Crippen molar-refractivity contribution in [2.75, 3.05) is 50.5 Å². The first-order chi connectivity index (χ1) is 21.2. The summed E-state index contributed by atoms with van der Waals surface area (Å²) in [5.74, 6) is 0.269. The minimum atomic E-state index is -1.15. The second-order valence-electron chi connectivity index (χ2n) is 11.6. The van der Waals surface area contributed by atoms with Crippen molar-refractivity contribution in [3.63, 3.8) is 0 Å². The smallest absolute Gasteiger partial charge is 0.261 e. The SMILES string of the molecule is Cc1noc(C)c1C(=O)Nc1cnc(N2CCC(C(O)(c3ccccc3)c3ccccc3)CC2)c(C(=O)NCCN(C)C)c1. The van der Waals surface area contributed by atoms with Crippen molar-refractivity contribution in [2.45, 2.75) is 32.3 Å². The van der Waals surface area contributed by atoms with E-state index in [-0.39, 0.29) is 17.7 Å². The Bertz CT molecular complexity index is 1520. The van der Waals surface area contributed by atoms with E-state index >= 15 is 0 Å². The molecule has 0 bridgehead atoms. The van der Waals surface area contributed by atoms with E-state index in [0.717, 1.165) is 11.1 Å². The van der Waals surface area contributed by atoms with Gasteiger partial charge in [-0.2, -0.15) is 0 Å². The van der Waals surface area contributed by atoms with E-state index in [9.17, 15) is 14.7 Å². The molecule has 2 amide bonds. The van der Waals surface area contributed by atoms with Crippen LogP contribution in [0.25, 0.3) is 0 Å². The van der Waals surface area contributed by atoms with Crippen LogP contribution in [0, 0.1) is 19.8 Å². The molecule has 0 spiro atoms. The van der Waals surface area contributed by atoms with Gasteiger partial charge in [0.15, 0.2) is 0 Å². The summed E-state index contributed by atoms with van der Waals surface area (Å²) in [4.78, 5) is 35.3. The summed E-state index contributed by atoms with van der Waals surface area (Å²) in [6.45, 7) is 5.73. The fourth-order valence-corrected chi connectivity index (χ4v) is 5.97. The number of hydrogen-bond acceptors (Lipinski definition) is 8. The summed E-state index contributed by atoms with van der Waals surface area (Å²) in [6, 6.07) is 21.3. The number of nitrogens with zero attached hydrogens (tertiary/aromatic N) is 4. The Kier molecular flexibility index (Phi) is 9.41. The van der Waals surface area contributed by atoms with Crippen LogP contribution in [-0.4, -0.2) is 72.2 Å². The molecule has 0 unspecified atom stereocenters. The highest BCUT2D eigenvalue weighted by Crippen LogP contribution is 2.42. The Morgan fingerprint density at radius 1 is 1.00 bits per heavy atom. The van der Waals surface area contributed by atoms with Crippen LogP contribution in [0.5, 0.6) is 0 Å². The molecule has 0 saturated carbocycles. The van der Waals surface area contributed by atoms with Gasteiger partial charge in [0.05, 0.1) is 23.1 Å². The molecule has 4 aromatic rings. The van der Waals surface area contributed by atoms with E-state index < -0.39 is 5.60 Å². The molecule has 0 aliphatic carbocycles. The fraction of sp³-hybridized carbons (Fsp3) is 0.353. The number of amides is 2. The number of benzene rings is 2. The van der Waals surface area contributed by atoms with Gasteiger partial charge in [-0.25, -0.2) is 4.98 Å².